The van der Waals surface area contributed by atoms with Gasteiger partial charge in [-0.05, 0) is 6.07 Å². The van der Waals surface area contributed by atoms with E-state index in [2.05, 4.69) is 9.97 Å². The topological polar surface area (TPSA) is 61.3 Å². The standard InChI is InChI=1S/C13H12N2O3/c1-17-12-7-11(14-13(15-12)18-2)10-5-3-4-9(6-10)8-16/h3-8H,1-2H3. The summed E-state index contributed by atoms with van der Waals surface area (Å²) in [5, 5.41) is 0. The van der Waals surface area contributed by atoms with Crippen LogP contribution in [0.3, 0.4) is 0 Å². The summed E-state index contributed by atoms with van der Waals surface area (Å²) < 4.78 is 10.1. The maximum atomic E-state index is 10.8. The first-order chi connectivity index (χ1) is 8.76. The van der Waals surface area contributed by atoms with E-state index in [0.29, 0.717) is 17.1 Å². The van der Waals surface area contributed by atoms with Gasteiger partial charge in [0.2, 0.25) is 5.88 Å². The van der Waals surface area contributed by atoms with Gasteiger partial charge in [-0.1, -0.05) is 18.2 Å². The van der Waals surface area contributed by atoms with Crippen molar-refractivity contribution in [2.75, 3.05) is 14.2 Å². The van der Waals surface area contributed by atoms with E-state index in [1.165, 1.54) is 14.2 Å². The van der Waals surface area contributed by atoms with Gasteiger partial charge in [-0.15, -0.1) is 0 Å². The highest BCUT2D eigenvalue weighted by atomic mass is 16.5. The first-order valence-corrected chi connectivity index (χ1v) is 5.29. The number of carbonyl (C=O) groups excluding carboxylic acids is 1. The van der Waals surface area contributed by atoms with Crippen LogP contribution in [0.1, 0.15) is 10.4 Å². The summed E-state index contributed by atoms with van der Waals surface area (Å²) in [7, 11) is 3.01. The maximum Gasteiger partial charge on any atom is 0.320 e. The SMILES string of the molecule is COc1cc(-c2cccc(C=O)c2)nc(OC)n1. The van der Waals surface area contributed by atoms with Crippen molar-refractivity contribution in [1.82, 2.24) is 9.97 Å². The van der Waals surface area contributed by atoms with Gasteiger partial charge in [0.05, 0.1) is 19.9 Å². The van der Waals surface area contributed by atoms with E-state index >= 15 is 0 Å². The number of aldehydes is 1. The monoisotopic (exact) mass is 244 g/mol. The zero-order valence-electron chi connectivity index (χ0n) is 10.1. The molecule has 0 aliphatic heterocycles. The highest BCUT2D eigenvalue weighted by molar-refractivity contribution is 5.78. The molecular formula is C13H12N2O3. The van der Waals surface area contributed by atoms with Crippen LogP contribution in [0.15, 0.2) is 30.3 Å². The number of hydrogen-bond acceptors (Lipinski definition) is 5. The van der Waals surface area contributed by atoms with Gasteiger partial charge in [-0.25, -0.2) is 0 Å². The van der Waals surface area contributed by atoms with Crippen molar-refractivity contribution in [1.29, 1.82) is 0 Å². The molecule has 0 aliphatic carbocycles. The first-order valence-electron chi connectivity index (χ1n) is 5.29. The second-order valence-electron chi connectivity index (χ2n) is 3.53. The van der Waals surface area contributed by atoms with Crippen LogP contribution in [0.5, 0.6) is 11.9 Å². The Kier molecular flexibility index (Phi) is 3.52. The minimum atomic E-state index is 0.223. The van der Waals surface area contributed by atoms with E-state index in [4.69, 9.17) is 9.47 Å². The average Bonchev–Trinajstić information content (AvgIpc) is 2.46. The number of benzene rings is 1. The molecule has 5 nitrogen and oxygen atoms in total. The molecule has 0 radical (unpaired) electrons. The molecular weight excluding hydrogens is 232 g/mol. The molecule has 1 heterocycles. The van der Waals surface area contributed by atoms with Crippen LogP contribution in [0.25, 0.3) is 11.3 Å². The number of carbonyl (C=O) groups is 1. The highest BCUT2D eigenvalue weighted by Gasteiger charge is 2.07. The van der Waals surface area contributed by atoms with Crippen molar-refractivity contribution in [3.63, 3.8) is 0 Å². The van der Waals surface area contributed by atoms with Gasteiger partial charge in [0.1, 0.15) is 6.29 Å². The van der Waals surface area contributed by atoms with Gasteiger partial charge in [-0.3, -0.25) is 4.79 Å². The van der Waals surface area contributed by atoms with Gasteiger partial charge in [-0.2, -0.15) is 9.97 Å². The van der Waals surface area contributed by atoms with Crippen LogP contribution in [0, 0.1) is 0 Å². The molecule has 0 saturated carbocycles. The molecule has 0 N–H and O–H groups in total. The lowest BCUT2D eigenvalue weighted by atomic mass is 10.1. The first kappa shape index (κ1) is 12.0. The van der Waals surface area contributed by atoms with Crippen LogP contribution >= 0.6 is 0 Å². The second kappa shape index (κ2) is 5.27. The fourth-order valence-electron chi connectivity index (χ4n) is 1.52. The average molecular weight is 244 g/mol. The van der Waals surface area contributed by atoms with E-state index in [0.717, 1.165) is 11.8 Å². The molecule has 0 saturated heterocycles. The Balaban J connectivity index is 2.51. The number of hydrogen-bond donors (Lipinski definition) is 0. The molecule has 0 bridgehead atoms. The molecule has 0 unspecified atom stereocenters. The van der Waals surface area contributed by atoms with Gasteiger partial charge < -0.3 is 9.47 Å². The lowest BCUT2D eigenvalue weighted by Gasteiger charge is -2.06. The van der Waals surface area contributed by atoms with Crippen LogP contribution in [-0.4, -0.2) is 30.5 Å². The van der Waals surface area contributed by atoms with E-state index in [-0.39, 0.29) is 6.01 Å². The molecule has 0 amide bonds. The summed E-state index contributed by atoms with van der Waals surface area (Å²) in [5.41, 5.74) is 2.03. The molecule has 1 aromatic carbocycles. The largest absolute Gasteiger partial charge is 0.481 e. The summed E-state index contributed by atoms with van der Waals surface area (Å²) in [6, 6.07) is 9.03. The summed E-state index contributed by atoms with van der Waals surface area (Å²) >= 11 is 0. The molecule has 2 aromatic rings. The van der Waals surface area contributed by atoms with Gasteiger partial charge >= 0.3 is 6.01 Å². The molecule has 0 spiro atoms. The zero-order chi connectivity index (χ0) is 13.0. The van der Waals surface area contributed by atoms with Gasteiger partial charge in [0, 0.05) is 17.2 Å². The fraction of sp³-hybridized carbons (Fsp3) is 0.154. The van der Waals surface area contributed by atoms with E-state index in [1.807, 2.05) is 6.07 Å². The van der Waals surface area contributed by atoms with E-state index < -0.39 is 0 Å². The Labute approximate surface area is 104 Å². The lowest BCUT2D eigenvalue weighted by molar-refractivity contribution is 0.112. The van der Waals surface area contributed by atoms with Crippen molar-refractivity contribution >= 4 is 6.29 Å². The van der Waals surface area contributed by atoms with Crippen molar-refractivity contribution < 1.29 is 14.3 Å². The number of methoxy groups -OCH3 is 2. The summed E-state index contributed by atoms with van der Waals surface area (Å²) in [6.07, 6.45) is 0.791. The van der Waals surface area contributed by atoms with Crippen molar-refractivity contribution in [2.45, 2.75) is 0 Å². The quantitative estimate of drug-likeness (QED) is 0.769. The van der Waals surface area contributed by atoms with Crippen LogP contribution in [-0.2, 0) is 0 Å². The lowest BCUT2D eigenvalue weighted by Crippen LogP contribution is -1.97. The molecule has 1 aromatic heterocycles. The minimum absolute atomic E-state index is 0.223. The number of rotatable bonds is 4. The smallest absolute Gasteiger partial charge is 0.320 e. The van der Waals surface area contributed by atoms with Gasteiger partial charge in [0.25, 0.3) is 0 Å². The molecule has 0 fully saturated rings. The Morgan fingerprint density at radius 1 is 1.11 bits per heavy atom. The highest BCUT2D eigenvalue weighted by Crippen LogP contribution is 2.23. The summed E-state index contributed by atoms with van der Waals surface area (Å²) in [5.74, 6) is 0.411. The molecule has 0 aliphatic rings. The predicted octanol–water partition coefficient (Wildman–Crippen LogP) is 1.97. The number of aromatic nitrogens is 2. The number of ether oxygens (including phenoxy) is 2. The Morgan fingerprint density at radius 3 is 2.61 bits per heavy atom. The summed E-state index contributed by atoms with van der Waals surface area (Å²) in [4.78, 5) is 19.0. The third-order valence-corrected chi connectivity index (χ3v) is 2.39. The number of nitrogens with zero attached hydrogens (tertiary/aromatic N) is 2. The second-order valence-corrected chi connectivity index (χ2v) is 3.53. The van der Waals surface area contributed by atoms with E-state index in [1.54, 1.807) is 24.3 Å². The van der Waals surface area contributed by atoms with Crippen LogP contribution in [0.4, 0.5) is 0 Å². The third-order valence-electron chi connectivity index (χ3n) is 2.39. The Bertz CT molecular complexity index is 548. The molecule has 0 atom stereocenters. The molecule has 92 valence electrons. The van der Waals surface area contributed by atoms with Crippen molar-refractivity contribution in [2.24, 2.45) is 0 Å². The fourth-order valence-corrected chi connectivity index (χ4v) is 1.52. The Morgan fingerprint density at radius 2 is 1.94 bits per heavy atom. The van der Waals surface area contributed by atoms with Gasteiger partial charge in [0.15, 0.2) is 0 Å². The van der Waals surface area contributed by atoms with Crippen LogP contribution in [0.2, 0.25) is 0 Å². The molecule has 18 heavy (non-hydrogen) atoms. The zero-order valence-corrected chi connectivity index (χ0v) is 10.1. The van der Waals surface area contributed by atoms with Crippen molar-refractivity contribution in [3.8, 4) is 23.1 Å². The predicted molar refractivity (Wildman–Crippen MR) is 66.0 cm³/mol. The maximum absolute atomic E-state index is 10.8. The van der Waals surface area contributed by atoms with Crippen molar-refractivity contribution in [3.05, 3.63) is 35.9 Å². The Hall–Kier alpha value is -2.43. The summed E-state index contributed by atoms with van der Waals surface area (Å²) in [6.45, 7) is 0. The van der Waals surface area contributed by atoms with Crippen LogP contribution < -0.4 is 9.47 Å². The minimum Gasteiger partial charge on any atom is -0.481 e. The normalized spacial score (nSPS) is 9.89. The third kappa shape index (κ3) is 2.45. The molecule has 2 rings (SSSR count). The van der Waals surface area contributed by atoms with E-state index in [9.17, 15) is 4.79 Å². The molecule has 5 heteroatoms.